The van der Waals surface area contributed by atoms with Crippen LogP contribution in [-0.4, -0.2) is 30.7 Å². The summed E-state index contributed by atoms with van der Waals surface area (Å²) in [6, 6.07) is 15.2. The number of nitrogens with one attached hydrogen (secondary N) is 1. The number of amides is 1. The zero-order chi connectivity index (χ0) is 16.7. The van der Waals surface area contributed by atoms with Crippen molar-refractivity contribution in [2.75, 3.05) is 29.9 Å². The van der Waals surface area contributed by atoms with E-state index < -0.39 is 0 Å². The fourth-order valence-corrected chi connectivity index (χ4v) is 2.61. The highest BCUT2D eigenvalue weighted by Crippen LogP contribution is 2.25. The molecule has 2 aromatic rings. The number of aryl methyl sites for hydroxylation is 1. The minimum Gasteiger partial charge on any atom is -0.396 e. The highest BCUT2D eigenvalue weighted by atomic mass is 35.5. The summed E-state index contributed by atoms with van der Waals surface area (Å²) in [5.74, 6) is -0.136. The molecule has 0 spiro atoms. The van der Waals surface area contributed by atoms with Gasteiger partial charge in [-0.1, -0.05) is 41.9 Å². The van der Waals surface area contributed by atoms with Gasteiger partial charge < -0.3 is 15.3 Å². The number of carbonyl (C=O) groups is 1. The lowest BCUT2D eigenvalue weighted by Crippen LogP contribution is -2.34. The van der Waals surface area contributed by atoms with E-state index in [0.717, 1.165) is 11.3 Å². The van der Waals surface area contributed by atoms with Crippen LogP contribution in [0.1, 0.15) is 12.0 Å². The van der Waals surface area contributed by atoms with Crippen LogP contribution < -0.4 is 10.2 Å². The van der Waals surface area contributed by atoms with Gasteiger partial charge in [0.2, 0.25) is 5.91 Å². The SMILES string of the molecule is Cc1cccc(Cl)c1NC(=O)CN(CCCO)c1ccccc1. The molecule has 0 fully saturated rings. The molecular weight excluding hydrogens is 312 g/mol. The zero-order valence-corrected chi connectivity index (χ0v) is 13.9. The predicted molar refractivity (Wildman–Crippen MR) is 95.2 cm³/mol. The number of hydrogen-bond acceptors (Lipinski definition) is 3. The van der Waals surface area contributed by atoms with Gasteiger partial charge in [-0.3, -0.25) is 4.79 Å². The van der Waals surface area contributed by atoms with Crippen LogP contribution in [-0.2, 0) is 4.79 Å². The van der Waals surface area contributed by atoms with Gasteiger partial charge in [0, 0.05) is 18.8 Å². The number of anilines is 2. The summed E-state index contributed by atoms with van der Waals surface area (Å²) >= 11 is 6.15. The van der Waals surface area contributed by atoms with Gasteiger partial charge in [-0.05, 0) is 37.1 Å². The van der Waals surface area contributed by atoms with Gasteiger partial charge in [0.15, 0.2) is 0 Å². The third-order valence-corrected chi connectivity index (χ3v) is 3.84. The van der Waals surface area contributed by atoms with E-state index in [1.807, 2.05) is 54.3 Å². The molecule has 0 saturated carbocycles. The standard InChI is InChI=1S/C18H21ClN2O2/c1-14-7-5-10-16(19)18(14)20-17(23)13-21(11-6-12-22)15-8-3-2-4-9-15/h2-5,7-10,22H,6,11-13H2,1H3,(H,20,23). The Morgan fingerprint density at radius 2 is 1.91 bits per heavy atom. The lowest BCUT2D eigenvalue weighted by atomic mass is 10.2. The van der Waals surface area contributed by atoms with Crippen molar-refractivity contribution in [3.05, 3.63) is 59.1 Å². The molecule has 0 atom stereocenters. The number of hydrogen-bond donors (Lipinski definition) is 2. The normalized spacial score (nSPS) is 10.4. The van der Waals surface area contributed by atoms with E-state index in [1.165, 1.54) is 0 Å². The quantitative estimate of drug-likeness (QED) is 0.816. The van der Waals surface area contributed by atoms with Gasteiger partial charge in [0.05, 0.1) is 17.3 Å². The first-order valence-corrected chi connectivity index (χ1v) is 7.95. The molecule has 0 aliphatic carbocycles. The first kappa shape index (κ1) is 17.3. The van der Waals surface area contributed by atoms with Crippen LogP contribution >= 0.6 is 11.6 Å². The van der Waals surface area contributed by atoms with Crippen LogP contribution in [0.4, 0.5) is 11.4 Å². The van der Waals surface area contributed by atoms with Crippen LogP contribution in [0.15, 0.2) is 48.5 Å². The van der Waals surface area contributed by atoms with Crippen LogP contribution in [0.5, 0.6) is 0 Å². The topological polar surface area (TPSA) is 52.6 Å². The second-order valence-corrected chi connectivity index (χ2v) is 5.72. The Morgan fingerprint density at radius 3 is 2.57 bits per heavy atom. The molecule has 2 N–H and O–H groups in total. The van der Waals surface area contributed by atoms with E-state index >= 15 is 0 Å². The number of carbonyl (C=O) groups excluding carboxylic acids is 1. The van der Waals surface area contributed by atoms with Crippen LogP contribution in [0, 0.1) is 6.92 Å². The van der Waals surface area contributed by atoms with E-state index in [1.54, 1.807) is 6.07 Å². The van der Waals surface area contributed by atoms with Gasteiger partial charge >= 0.3 is 0 Å². The fourth-order valence-electron chi connectivity index (χ4n) is 2.34. The second kappa shape index (κ2) is 8.56. The Bertz CT molecular complexity index is 626. The summed E-state index contributed by atoms with van der Waals surface area (Å²) in [7, 11) is 0. The monoisotopic (exact) mass is 332 g/mol. The molecule has 0 aliphatic heterocycles. The number of aliphatic hydroxyl groups excluding tert-OH is 1. The molecule has 4 nitrogen and oxygen atoms in total. The third kappa shape index (κ3) is 4.98. The van der Waals surface area contributed by atoms with Crippen molar-refractivity contribution in [2.24, 2.45) is 0 Å². The van der Waals surface area contributed by atoms with Gasteiger partial charge in [-0.25, -0.2) is 0 Å². The number of benzene rings is 2. The van der Waals surface area contributed by atoms with Gasteiger partial charge in [0.1, 0.15) is 0 Å². The lowest BCUT2D eigenvalue weighted by molar-refractivity contribution is -0.115. The highest BCUT2D eigenvalue weighted by Gasteiger charge is 2.13. The molecular formula is C18H21ClN2O2. The molecule has 0 radical (unpaired) electrons. The Balaban J connectivity index is 2.08. The number of aliphatic hydroxyl groups is 1. The molecule has 0 aromatic heterocycles. The number of rotatable bonds is 7. The van der Waals surface area contributed by atoms with Crippen molar-refractivity contribution in [2.45, 2.75) is 13.3 Å². The largest absolute Gasteiger partial charge is 0.396 e. The molecule has 23 heavy (non-hydrogen) atoms. The molecule has 0 unspecified atom stereocenters. The first-order valence-electron chi connectivity index (χ1n) is 7.57. The van der Waals surface area contributed by atoms with Crippen molar-refractivity contribution in [1.29, 1.82) is 0 Å². The molecule has 2 rings (SSSR count). The molecule has 5 heteroatoms. The number of halogens is 1. The number of nitrogens with zero attached hydrogens (tertiary/aromatic N) is 1. The molecule has 0 aliphatic rings. The van der Waals surface area contributed by atoms with Crippen LogP contribution in [0.3, 0.4) is 0 Å². The summed E-state index contributed by atoms with van der Waals surface area (Å²) in [5.41, 5.74) is 2.52. The van der Waals surface area contributed by atoms with Crippen LogP contribution in [0.2, 0.25) is 5.02 Å². The Labute approximate surface area is 141 Å². The molecule has 0 bridgehead atoms. The maximum atomic E-state index is 12.4. The van der Waals surface area contributed by atoms with E-state index in [9.17, 15) is 4.79 Å². The predicted octanol–water partition coefficient (Wildman–Crippen LogP) is 3.48. The van der Waals surface area contributed by atoms with Crippen molar-refractivity contribution in [3.63, 3.8) is 0 Å². The lowest BCUT2D eigenvalue weighted by Gasteiger charge is -2.24. The summed E-state index contributed by atoms with van der Waals surface area (Å²) in [6.07, 6.45) is 0.604. The van der Waals surface area contributed by atoms with Crippen LogP contribution in [0.25, 0.3) is 0 Å². The first-order chi connectivity index (χ1) is 11.1. The molecule has 2 aromatic carbocycles. The maximum absolute atomic E-state index is 12.4. The van der Waals surface area contributed by atoms with Crippen molar-refractivity contribution >= 4 is 28.9 Å². The Kier molecular flexibility index (Phi) is 6.44. The average molecular weight is 333 g/mol. The molecule has 0 saturated heterocycles. The van der Waals surface area contributed by atoms with Gasteiger partial charge in [0.25, 0.3) is 0 Å². The maximum Gasteiger partial charge on any atom is 0.243 e. The van der Waals surface area contributed by atoms with Crippen molar-refractivity contribution in [1.82, 2.24) is 0 Å². The van der Waals surface area contributed by atoms with E-state index in [-0.39, 0.29) is 19.1 Å². The van der Waals surface area contributed by atoms with E-state index in [2.05, 4.69) is 5.32 Å². The molecule has 1 amide bonds. The van der Waals surface area contributed by atoms with Crippen molar-refractivity contribution in [3.8, 4) is 0 Å². The van der Waals surface area contributed by atoms with E-state index in [0.29, 0.717) is 23.7 Å². The van der Waals surface area contributed by atoms with Gasteiger partial charge in [-0.2, -0.15) is 0 Å². The molecule has 122 valence electrons. The summed E-state index contributed by atoms with van der Waals surface area (Å²) in [5, 5.41) is 12.5. The highest BCUT2D eigenvalue weighted by molar-refractivity contribution is 6.34. The van der Waals surface area contributed by atoms with Gasteiger partial charge in [-0.15, -0.1) is 0 Å². The summed E-state index contributed by atoms with van der Waals surface area (Å²) < 4.78 is 0. The summed E-state index contributed by atoms with van der Waals surface area (Å²) in [4.78, 5) is 14.3. The zero-order valence-electron chi connectivity index (χ0n) is 13.1. The average Bonchev–Trinajstić information content (AvgIpc) is 2.56. The third-order valence-electron chi connectivity index (χ3n) is 3.53. The Morgan fingerprint density at radius 1 is 1.17 bits per heavy atom. The Hall–Kier alpha value is -2.04. The summed E-state index contributed by atoms with van der Waals surface area (Å²) in [6.45, 7) is 2.81. The minimum atomic E-state index is -0.136. The minimum absolute atomic E-state index is 0.0918. The second-order valence-electron chi connectivity index (χ2n) is 5.31. The van der Waals surface area contributed by atoms with E-state index in [4.69, 9.17) is 16.7 Å². The smallest absolute Gasteiger partial charge is 0.243 e. The fraction of sp³-hybridized carbons (Fsp3) is 0.278. The molecule has 0 heterocycles. The van der Waals surface area contributed by atoms with Crippen molar-refractivity contribution < 1.29 is 9.90 Å². The number of para-hydroxylation sites is 2.